The van der Waals surface area contributed by atoms with Crippen molar-refractivity contribution >= 4 is 17.3 Å². The molecular formula is C10H14O3S. The van der Waals surface area contributed by atoms with Crippen LogP contribution in [0.15, 0.2) is 0 Å². The molecule has 0 aromatic carbocycles. The Morgan fingerprint density at radius 1 is 1.50 bits per heavy atom. The van der Waals surface area contributed by atoms with Crippen LogP contribution in [0.5, 0.6) is 5.75 Å². The lowest BCUT2D eigenvalue weighted by atomic mass is 10.2. The number of esters is 1. The Labute approximate surface area is 87.3 Å². The fourth-order valence-electron chi connectivity index (χ4n) is 1.10. The number of carbonyl (C=O) groups excluding carboxylic acids is 1. The van der Waals surface area contributed by atoms with E-state index in [0.29, 0.717) is 17.0 Å². The average molecular weight is 214 g/mol. The molecule has 14 heavy (non-hydrogen) atoms. The molecule has 1 heterocycles. The van der Waals surface area contributed by atoms with E-state index in [-0.39, 0.29) is 11.7 Å². The largest absolute Gasteiger partial charge is 0.506 e. The van der Waals surface area contributed by atoms with Crippen LogP contribution >= 0.6 is 11.3 Å². The summed E-state index contributed by atoms with van der Waals surface area (Å²) in [5.74, 6) is -0.129. The standard InChI is InChI=1S/C10H14O3S/c1-4-5-13-10(12)9-6(2)8(11)7(3)14-9/h11H,4-5H2,1-3H3. The summed E-state index contributed by atoms with van der Waals surface area (Å²) in [7, 11) is 0. The second kappa shape index (κ2) is 4.46. The van der Waals surface area contributed by atoms with Crippen LogP contribution in [0, 0.1) is 13.8 Å². The fourth-order valence-corrected chi connectivity index (χ4v) is 2.05. The monoisotopic (exact) mass is 214 g/mol. The summed E-state index contributed by atoms with van der Waals surface area (Å²) in [5, 5.41) is 9.50. The highest BCUT2D eigenvalue weighted by Gasteiger charge is 2.18. The second-order valence-corrected chi connectivity index (χ2v) is 4.32. The number of thiophene rings is 1. The van der Waals surface area contributed by atoms with Gasteiger partial charge in [0.2, 0.25) is 0 Å². The Balaban J connectivity index is 2.85. The lowest BCUT2D eigenvalue weighted by Gasteiger charge is -2.00. The van der Waals surface area contributed by atoms with E-state index in [1.54, 1.807) is 13.8 Å². The summed E-state index contributed by atoms with van der Waals surface area (Å²) < 4.78 is 4.99. The van der Waals surface area contributed by atoms with Crippen LogP contribution in [-0.2, 0) is 4.74 Å². The van der Waals surface area contributed by atoms with E-state index in [2.05, 4.69) is 0 Å². The summed E-state index contributed by atoms with van der Waals surface area (Å²) in [4.78, 5) is 12.7. The van der Waals surface area contributed by atoms with Crippen molar-refractivity contribution in [1.82, 2.24) is 0 Å². The maximum Gasteiger partial charge on any atom is 0.348 e. The Hall–Kier alpha value is -1.03. The minimum Gasteiger partial charge on any atom is -0.506 e. The highest BCUT2D eigenvalue weighted by atomic mass is 32.1. The van der Waals surface area contributed by atoms with Crippen LogP contribution in [0.25, 0.3) is 0 Å². The maximum absolute atomic E-state index is 11.5. The molecule has 1 rings (SSSR count). The summed E-state index contributed by atoms with van der Waals surface area (Å²) in [5.41, 5.74) is 0.619. The molecule has 0 saturated heterocycles. The van der Waals surface area contributed by atoms with Gasteiger partial charge in [0, 0.05) is 10.4 Å². The van der Waals surface area contributed by atoms with Crippen molar-refractivity contribution in [2.45, 2.75) is 27.2 Å². The number of rotatable bonds is 3. The Bertz CT molecular complexity index is 341. The van der Waals surface area contributed by atoms with Crippen molar-refractivity contribution in [2.24, 2.45) is 0 Å². The van der Waals surface area contributed by atoms with Gasteiger partial charge in [0.1, 0.15) is 10.6 Å². The van der Waals surface area contributed by atoms with Crippen molar-refractivity contribution in [2.75, 3.05) is 6.61 Å². The van der Waals surface area contributed by atoms with Crippen LogP contribution in [-0.4, -0.2) is 17.7 Å². The van der Waals surface area contributed by atoms with E-state index < -0.39 is 0 Å². The van der Waals surface area contributed by atoms with Crippen LogP contribution in [0.4, 0.5) is 0 Å². The first-order chi connectivity index (χ1) is 6.57. The summed E-state index contributed by atoms with van der Waals surface area (Å²) in [6, 6.07) is 0. The number of hydrogen-bond donors (Lipinski definition) is 1. The smallest absolute Gasteiger partial charge is 0.348 e. The molecular weight excluding hydrogens is 200 g/mol. The van der Waals surface area contributed by atoms with Gasteiger partial charge < -0.3 is 9.84 Å². The molecule has 0 unspecified atom stereocenters. The zero-order valence-corrected chi connectivity index (χ0v) is 9.40. The van der Waals surface area contributed by atoms with E-state index >= 15 is 0 Å². The zero-order chi connectivity index (χ0) is 10.7. The van der Waals surface area contributed by atoms with Crippen LogP contribution in [0.2, 0.25) is 0 Å². The third-order valence-corrected chi connectivity index (χ3v) is 3.08. The van der Waals surface area contributed by atoms with Crippen molar-refractivity contribution in [3.8, 4) is 5.75 Å². The lowest BCUT2D eigenvalue weighted by molar-refractivity contribution is 0.0510. The third-order valence-electron chi connectivity index (χ3n) is 1.91. The first-order valence-electron chi connectivity index (χ1n) is 4.54. The molecule has 1 N–H and O–H groups in total. The highest BCUT2D eigenvalue weighted by Crippen LogP contribution is 2.33. The van der Waals surface area contributed by atoms with Gasteiger partial charge in [0.25, 0.3) is 0 Å². The summed E-state index contributed by atoms with van der Waals surface area (Å²) in [6.07, 6.45) is 0.807. The van der Waals surface area contributed by atoms with Crippen molar-refractivity contribution < 1.29 is 14.6 Å². The fraction of sp³-hybridized carbons (Fsp3) is 0.500. The van der Waals surface area contributed by atoms with Gasteiger partial charge in [-0.2, -0.15) is 0 Å². The predicted molar refractivity (Wildman–Crippen MR) is 56.0 cm³/mol. The predicted octanol–water partition coefficient (Wildman–Crippen LogP) is 2.64. The Kier molecular flexibility index (Phi) is 3.52. The molecule has 4 heteroatoms. The molecule has 0 fully saturated rings. The Morgan fingerprint density at radius 3 is 2.57 bits per heavy atom. The lowest BCUT2D eigenvalue weighted by Crippen LogP contribution is -2.04. The van der Waals surface area contributed by atoms with Gasteiger partial charge in [-0.25, -0.2) is 4.79 Å². The van der Waals surface area contributed by atoms with E-state index in [1.165, 1.54) is 11.3 Å². The molecule has 0 aliphatic heterocycles. The summed E-state index contributed by atoms with van der Waals surface area (Å²) in [6.45, 7) is 5.87. The SMILES string of the molecule is CCCOC(=O)c1sc(C)c(O)c1C. The van der Waals surface area contributed by atoms with Crippen LogP contribution in [0.3, 0.4) is 0 Å². The van der Waals surface area contributed by atoms with Gasteiger partial charge >= 0.3 is 5.97 Å². The number of carbonyl (C=O) groups is 1. The third kappa shape index (κ3) is 2.07. The minimum atomic E-state index is -0.335. The van der Waals surface area contributed by atoms with E-state index in [0.717, 1.165) is 11.3 Å². The van der Waals surface area contributed by atoms with Gasteiger partial charge in [-0.05, 0) is 20.3 Å². The average Bonchev–Trinajstić information content (AvgIpc) is 2.42. The van der Waals surface area contributed by atoms with Crippen LogP contribution < -0.4 is 0 Å². The number of aryl methyl sites for hydroxylation is 1. The van der Waals surface area contributed by atoms with Crippen LogP contribution in [0.1, 0.15) is 33.5 Å². The van der Waals surface area contributed by atoms with E-state index in [4.69, 9.17) is 4.74 Å². The number of aromatic hydroxyl groups is 1. The van der Waals surface area contributed by atoms with Gasteiger partial charge in [0.15, 0.2) is 0 Å². The van der Waals surface area contributed by atoms with E-state index in [9.17, 15) is 9.90 Å². The highest BCUT2D eigenvalue weighted by molar-refractivity contribution is 7.14. The van der Waals surface area contributed by atoms with Gasteiger partial charge in [-0.1, -0.05) is 6.92 Å². The van der Waals surface area contributed by atoms with Crippen molar-refractivity contribution in [3.05, 3.63) is 15.3 Å². The molecule has 0 radical (unpaired) electrons. The zero-order valence-electron chi connectivity index (χ0n) is 8.59. The molecule has 0 spiro atoms. The molecule has 0 amide bonds. The topological polar surface area (TPSA) is 46.5 Å². The molecule has 0 aliphatic rings. The normalized spacial score (nSPS) is 10.2. The molecule has 0 bridgehead atoms. The first kappa shape index (κ1) is 11.0. The maximum atomic E-state index is 11.5. The number of ether oxygens (including phenoxy) is 1. The Morgan fingerprint density at radius 2 is 2.14 bits per heavy atom. The van der Waals surface area contributed by atoms with Crippen molar-refractivity contribution in [1.29, 1.82) is 0 Å². The second-order valence-electron chi connectivity index (χ2n) is 3.10. The molecule has 0 atom stereocenters. The molecule has 78 valence electrons. The molecule has 0 saturated carbocycles. The number of hydrogen-bond acceptors (Lipinski definition) is 4. The minimum absolute atomic E-state index is 0.207. The molecule has 3 nitrogen and oxygen atoms in total. The first-order valence-corrected chi connectivity index (χ1v) is 5.35. The summed E-state index contributed by atoms with van der Waals surface area (Å²) >= 11 is 1.27. The van der Waals surface area contributed by atoms with Gasteiger partial charge in [-0.15, -0.1) is 11.3 Å². The molecule has 0 aliphatic carbocycles. The van der Waals surface area contributed by atoms with Gasteiger partial charge in [-0.3, -0.25) is 0 Å². The quantitative estimate of drug-likeness (QED) is 0.787. The van der Waals surface area contributed by atoms with E-state index in [1.807, 2.05) is 6.92 Å². The van der Waals surface area contributed by atoms with Crippen molar-refractivity contribution in [3.63, 3.8) is 0 Å². The molecule has 1 aromatic rings. The van der Waals surface area contributed by atoms with Gasteiger partial charge in [0.05, 0.1) is 6.61 Å². The molecule has 1 aromatic heterocycles.